The molecular weight excluding hydrogens is 412 g/mol. The smallest absolute Gasteiger partial charge is 0.265 e. The molecule has 1 fully saturated rings. The standard InChI is InChI=1S/C27H32N4O2/c1-18-10-12-31(13-11-18)26-9-8-25(29-30-26)22-6-5-7-23(17-22)28-27(32)21(4)33-24-15-19(2)14-20(3)16-24/h5-9,14-18,21H,10-13H2,1-4H3,(H,28,32). The van der Waals surface area contributed by atoms with Gasteiger partial charge in [-0.15, -0.1) is 10.2 Å². The number of rotatable bonds is 6. The van der Waals surface area contributed by atoms with Gasteiger partial charge in [-0.1, -0.05) is 25.1 Å². The van der Waals surface area contributed by atoms with E-state index in [4.69, 9.17) is 4.74 Å². The minimum Gasteiger partial charge on any atom is -0.481 e. The van der Waals surface area contributed by atoms with Gasteiger partial charge in [-0.25, -0.2) is 0 Å². The zero-order chi connectivity index (χ0) is 23.4. The van der Waals surface area contributed by atoms with Crippen molar-refractivity contribution in [1.29, 1.82) is 0 Å². The molecule has 1 atom stereocenters. The summed E-state index contributed by atoms with van der Waals surface area (Å²) < 4.78 is 5.86. The molecule has 2 heterocycles. The van der Waals surface area contributed by atoms with E-state index in [-0.39, 0.29) is 5.91 Å². The summed E-state index contributed by atoms with van der Waals surface area (Å²) >= 11 is 0. The first-order valence-electron chi connectivity index (χ1n) is 11.6. The van der Waals surface area contributed by atoms with Crippen LogP contribution >= 0.6 is 0 Å². The lowest BCUT2D eigenvalue weighted by molar-refractivity contribution is -0.122. The minimum absolute atomic E-state index is 0.202. The Morgan fingerprint density at radius 1 is 1.03 bits per heavy atom. The second-order valence-corrected chi connectivity index (χ2v) is 9.10. The van der Waals surface area contributed by atoms with Crippen LogP contribution in [0, 0.1) is 19.8 Å². The molecule has 1 unspecified atom stereocenters. The van der Waals surface area contributed by atoms with Crippen molar-refractivity contribution in [2.75, 3.05) is 23.3 Å². The van der Waals surface area contributed by atoms with Crippen LogP contribution in [0.1, 0.15) is 37.8 Å². The molecule has 0 bridgehead atoms. The summed E-state index contributed by atoms with van der Waals surface area (Å²) in [4.78, 5) is 15.0. The number of carbonyl (C=O) groups is 1. The van der Waals surface area contributed by atoms with Crippen LogP contribution in [0.2, 0.25) is 0 Å². The van der Waals surface area contributed by atoms with Crippen LogP contribution in [0.5, 0.6) is 5.75 Å². The van der Waals surface area contributed by atoms with Crippen LogP contribution in [0.4, 0.5) is 11.5 Å². The molecule has 172 valence electrons. The second kappa shape index (κ2) is 10.0. The normalized spacial score (nSPS) is 15.2. The number of nitrogens with zero attached hydrogens (tertiary/aromatic N) is 3. The summed E-state index contributed by atoms with van der Waals surface area (Å²) in [6, 6.07) is 17.6. The quantitative estimate of drug-likeness (QED) is 0.551. The fourth-order valence-corrected chi connectivity index (χ4v) is 4.14. The molecule has 2 aromatic carbocycles. The van der Waals surface area contributed by atoms with Gasteiger partial charge < -0.3 is 15.0 Å². The maximum atomic E-state index is 12.7. The fraction of sp³-hybridized carbons (Fsp3) is 0.370. The van der Waals surface area contributed by atoms with Crippen LogP contribution < -0.4 is 15.0 Å². The highest BCUT2D eigenvalue weighted by Gasteiger charge is 2.18. The van der Waals surface area contributed by atoms with Gasteiger partial charge in [0.2, 0.25) is 0 Å². The monoisotopic (exact) mass is 444 g/mol. The van der Waals surface area contributed by atoms with Crippen LogP contribution in [-0.2, 0) is 4.79 Å². The Kier molecular flexibility index (Phi) is 6.92. The minimum atomic E-state index is -0.624. The molecule has 33 heavy (non-hydrogen) atoms. The molecule has 1 saturated heterocycles. The number of aryl methyl sites for hydroxylation is 2. The number of benzene rings is 2. The van der Waals surface area contributed by atoms with E-state index in [9.17, 15) is 4.79 Å². The number of piperidine rings is 1. The number of ether oxygens (including phenoxy) is 1. The first-order chi connectivity index (χ1) is 15.9. The summed E-state index contributed by atoms with van der Waals surface area (Å²) in [5, 5.41) is 11.8. The van der Waals surface area contributed by atoms with Gasteiger partial charge in [-0.3, -0.25) is 4.79 Å². The van der Waals surface area contributed by atoms with Crippen molar-refractivity contribution in [3.05, 3.63) is 65.7 Å². The van der Waals surface area contributed by atoms with Crippen molar-refractivity contribution in [3.63, 3.8) is 0 Å². The van der Waals surface area contributed by atoms with E-state index < -0.39 is 6.10 Å². The van der Waals surface area contributed by atoms with E-state index in [1.54, 1.807) is 6.92 Å². The molecule has 1 amide bonds. The number of anilines is 2. The van der Waals surface area contributed by atoms with Crippen molar-refractivity contribution < 1.29 is 9.53 Å². The highest BCUT2D eigenvalue weighted by Crippen LogP contribution is 2.25. The van der Waals surface area contributed by atoms with Gasteiger partial charge >= 0.3 is 0 Å². The first-order valence-corrected chi connectivity index (χ1v) is 11.6. The van der Waals surface area contributed by atoms with E-state index in [0.29, 0.717) is 11.4 Å². The molecule has 3 aromatic rings. The predicted octanol–water partition coefficient (Wildman–Crippen LogP) is 5.40. The summed E-state index contributed by atoms with van der Waals surface area (Å²) in [7, 11) is 0. The molecule has 1 aliphatic rings. The van der Waals surface area contributed by atoms with E-state index >= 15 is 0 Å². The molecule has 0 radical (unpaired) electrons. The Hall–Kier alpha value is -3.41. The second-order valence-electron chi connectivity index (χ2n) is 9.10. The third kappa shape index (κ3) is 5.89. The van der Waals surface area contributed by atoms with E-state index in [1.165, 1.54) is 12.8 Å². The van der Waals surface area contributed by atoms with Gasteiger partial charge in [0.25, 0.3) is 5.91 Å². The van der Waals surface area contributed by atoms with Gasteiger partial charge in [-0.05, 0) is 87.1 Å². The summed E-state index contributed by atoms with van der Waals surface area (Å²) in [5.74, 6) is 2.20. The van der Waals surface area contributed by atoms with E-state index in [2.05, 4.69) is 33.4 Å². The number of carbonyl (C=O) groups excluding carboxylic acids is 1. The molecule has 1 N–H and O–H groups in total. The van der Waals surface area contributed by atoms with Gasteiger partial charge in [-0.2, -0.15) is 0 Å². The van der Waals surface area contributed by atoms with Crippen LogP contribution in [0.3, 0.4) is 0 Å². The molecule has 0 spiro atoms. The Morgan fingerprint density at radius 2 is 1.76 bits per heavy atom. The third-order valence-corrected chi connectivity index (χ3v) is 6.06. The molecule has 6 nitrogen and oxygen atoms in total. The highest BCUT2D eigenvalue weighted by atomic mass is 16.5. The number of aromatic nitrogens is 2. The Bertz CT molecular complexity index is 1090. The molecule has 1 aromatic heterocycles. The SMILES string of the molecule is Cc1cc(C)cc(OC(C)C(=O)Nc2cccc(-c3ccc(N4CCC(C)CC4)nn3)c2)c1. The molecular formula is C27H32N4O2. The van der Waals surface area contributed by atoms with Crippen molar-refractivity contribution in [2.45, 2.75) is 46.6 Å². The fourth-order valence-electron chi connectivity index (χ4n) is 4.14. The summed E-state index contributed by atoms with van der Waals surface area (Å²) in [5.41, 5.74) is 4.59. The van der Waals surface area contributed by atoms with Crippen LogP contribution in [-0.4, -0.2) is 35.3 Å². The summed E-state index contributed by atoms with van der Waals surface area (Å²) in [6.07, 6.45) is 1.76. The lowest BCUT2D eigenvalue weighted by atomic mass is 9.99. The van der Waals surface area contributed by atoms with Crippen LogP contribution in [0.15, 0.2) is 54.6 Å². The average molecular weight is 445 g/mol. The number of hydrogen-bond acceptors (Lipinski definition) is 5. The summed E-state index contributed by atoms with van der Waals surface area (Å²) in [6.45, 7) is 10.1. The lowest BCUT2D eigenvalue weighted by Crippen LogP contribution is -2.33. The topological polar surface area (TPSA) is 67.3 Å². The number of hydrogen-bond donors (Lipinski definition) is 1. The largest absolute Gasteiger partial charge is 0.481 e. The van der Waals surface area contributed by atoms with E-state index in [0.717, 1.165) is 47.2 Å². The van der Waals surface area contributed by atoms with Gasteiger partial charge in [0.15, 0.2) is 11.9 Å². The van der Waals surface area contributed by atoms with Crippen molar-refractivity contribution in [1.82, 2.24) is 10.2 Å². The maximum Gasteiger partial charge on any atom is 0.265 e. The predicted molar refractivity (Wildman–Crippen MR) is 133 cm³/mol. The first kappa shape index (κ1) is 22.8. The molecule has 0 saturated carbocycles. The molecule has 4 rings (SSSR count). The number of nitrogens with one attached hydrogen (secondary N) is 1. The maximum absolute atomic E-state index is 12.7. The molecule has 1 aliphatic heterocycles. The Balaban J connectivity index is 1.40. The third-order valence-electron chi connectivity index (χ3n) is 6.06. The van der Waals surface area contributed by atoms with Crippen molar-refractivity contribution in [2.24, 2.45) is 5.92 Å². The van der Waals surface area contributed by atoms with Crippen molar-refractivity contribution in [3.8, 4) is 17.0 Å². The lowest BCUT2D eigenvalue weighted by Gasteiger charge is -2.30. The highest BCUT2D eigenvalue weighted by molar-refractivity contribution is 5.94. The van der Waals surface area contributed by atoms with Gasteiger partial charge in [0.05, 0.1) is 5.69 Å². The van der Waals surface area contributed by atoms with E-state index in [1.807, 2.05) is 62.4 Å². The number of amides is 1. The Morgan fingerprint density at radius 3 is 2.42 bits per heavy atom. The average Bonchev–Trinajstić information content (AvgIpc) is 2.79. The zero-order valence-electron chi connectivity index (χ0n) is 19.8. The zero-order valence-corrected chi connectivity index (χ0v) is 19.8. The van der Waals surface area contributed by atoms with Crippen LogP contribution in [0.25, 0.3) is 11.3 Å². The molecule has 6 heteroatoms. The van der Waals surface area contributed by atoms with Gasteiger partial charge in [0, 0.05) is 24.3 Å². The van der Waals surface area contributed by atoms with Gasteiger partial charge in [0.1, 0.15) is 5.75 Å². The molecule has 0 aliphatic carbocycles. The van der Waals surface area contributed by atoms with Crippen molar-refractivity contribution >= 4 is 17.4 Å². The Labute approximate surface area is 196 Å².